The van der Waals surface area contributed by atoms with Gasteiger partial charge in [-0.3, -0.25) is 4.79 Å². The van der Waals surface area contributed by atoms with E-state index in [4.69, 9.17) is 4.52 Å². The van der Waals surface area contributed by atoms with Gasteiger partial charge in [0.2, 0.25) is 0 Å². The molecule has 2 aromatic rings. The van der Waals surface area contributed by atoms with Crippen LogP contribution in [-0.4, -0.2) is 42.2 Å². The van der Waals surface area contributed by atoms with Gasteiger partial charge in [0.1, 0.15) is 11.5 Å². The van der Waals surface area contributed by atoms with Crippen molar-refractivity contribution < 1.29 is 9.32 Å². The first-order valence-corrected chi connectivity index (χ1v) is 8.32. The third-order valence-electron chi connectivity index (χ3n) is 3.98. The summed E-state index contributed by atoms with van der Waals surface area (Å²) in [5.74, 6) is 1.27. The maximum Gasteiger partial charge on any atom is 0.296 e. The Morgan fingerprint density at radius 3 is 2.67 bits per heavy atom. The summed E-state index contributed by atoms with van der Waals surface area (Å²) in [5, 5.41) is 16.2. The Hall–Kier alpha value is -2.25. The summed E-state index contributed by atoms with van der Waals surface area (Å²) < 4.78 is 5.37. The number of hydrogen-bond donors (Lipinski definition) is 0. The van der Waals surface area contributed by atoms with Gasteiger partial charge in [-0.25, -0.2) is 0 Å². The Bertz CT molecular complexity index is 723. The number of amides is 1. The van der Waals surface area contributed by atoms with Crippen LogP contribution in [0.2, 0.25) is 0 Å². The van der Waals surface area contributed by atoms with Crippen molar-refractivity contribution in [3.63, 3.8) is 0 Å². The molecule has 0 aliphatic heterocycles. The lowest BCUT2D eigenvalue weighted by Crippen LogP contribution is -2.37. The summed E-state index contributed by atoms with van der Waals surface area (Å²) in [7, 11) is 0. The molecule has 1 saturated carbocycles. The van der Waals surface area contributed by atoms with E-state index in [2.05, 4.69) is 20.6 Å². The summed E-state index contributed by atoms with van der Waals surface area (Å²) in [6.07, 6.45) is 2.31. The number of tetrazole rings is 1. The second-order valence-corrected chi connectivity index (χ2v) is 7.60. The van der Waals surface area contributed by atoms with Gasteiger partial charge in [-0.1, -0.05) is 5.16 Å². The SMILES string of the molecule is CC(C)N(Cc1cc(C2CC2)on1)C(=O)c1nnn(C(C)(C)C)n1. The Balaban J connectivity index is 1.76. The number of aromatic nitrogens is 5. The molecule has 3 rings (SSSR count). The average Bonchev–Trinajstić information content (AvgIpc) is 3.03. The first kappa shape index (κ1) is 16.6. The molecule has 130 valence electrons. The smallest absolute Gasteiger partial charge is 0.296 e. The first-order valence-electron chi connectivity index (χ1n) is 8.32. The van der Waals surface area contributed by atoms with E-state index >= 15 is 0 Å². The van der Waals surface area contributed by atoms with Crippen molar-refractivity contribution >= 4 is 5.91 Å². The summed E-state index contributed by atoms with van der Waals surface area (Å²) in [4.78, 5) is 15.9. The molecule has 0 unspecified atom stereocenters. The second kappa shape index (κ2) is 5.99. The van der Waals surface area contributed by atoms with Crippen LogP contribution in [0.1, 0.15) is 75.5 Å². The molecule has 0 saturated heterocycles. The van der Waals surface area contributed by atoms with Crippen molar-refractivity contribution in [2.45, 2.75) is 71.5 Å². The number of carbonyl (C=O) groups is 1. The second-order valence-electron chi connectivity index (χ2n) is 7.60. The predicted octanol–water partition coefficient (Wildman–Crippen LogP) is 2.34. The van der Waals surface area contributed by atoms with Crippen LogP contribution in [0.3, 0.4) is 0 Å². The lowest BCUT2D eigenvalue weighted by molar-refractivity contribution is 0.0672. The van der Waals surface area contributed by atoms with Crippen molar-refractivity contribution in [1.82, 2.24) is 30.3 Å². The number of nitrogens with zero attached hydrogens (tertiary/aromatic N) is 6. The third-order valence-corrected chi connectivity index (χ3v) is 3.98. The van der Waals surface area contributed by atoms with E-state index in [1.807, 2.05) is 40.7 Å². The highest BCUT2D eigenvalue weighted by Gasteiger charge is 2.30. The van der Waals surface area contributed by atoms with Crippen LogP contribution in [0.4, 0.5) is 0 Å². The van der Waals surface area contributed by atoms with Crippen molar-refractivity contribution in [3.8, 4) is 0 Å². The van der Waals surface area contributed by atoms with Gasteiger partial charge >= 0.3 is 0 Å². The molecular formula is C16H24N6O2. The summed E-state index contributed by atoms with van der Waals surface area (Å²) in [5.41, 5.74) is 0.432. The first-order chi connectivity index (χ1) is 11.3. The molecule has 2 heterocycles. The van der Waals surface area contributed by atoms with Crippen molar-refractivity contribution in [1.29, 1.82) is 0 Å². The molecule has 1 aliphatic carbocycles. The van der Waals surface area contributed by atoms with Crippen LogP contribution >= 0.6 is 0 Å². The van der Waals surface area contributed by atoms with Crippen LogP contribution in [0.15, 0.2) is 10.6 Å². The molecule has 0 radical (unpaired) electrons. The fraction of sp³-hybridized carbons (Fsp3) is 0.688. The molecule has 8 nitrogen and oxygen atoms in total. The van der Waals surface area contributed by atoms with Crippen molar-refractivity contribution in [2.75, 3.05) is 0 Å². The fourth-order valence-electron chi connectivity index (χ4n) is 2.34. The summed E-state index contributed by atoms with van der Waals surface area (Å²) >= 11 is 0. The van der Waals surface area contributed by atoms with Gasteiger partial charge < -0.3 is 9.42 Å². The number of carbonyl (C=O) groups excluding carboxylic acids is 1. The molecule has 1 amide bonds. The van der Waals surface area contributed by atoms with Crippen molar-refractivity contribution in [2.24, 2.45) is 0 Å². The van der Waals surface area contributed by atoms with Crippen LogP contribution in [0.25, 0.3) is 0 Å². The van der Waals surface area contributed by atoms with Crippen LogP contribution in [0, 0.1) is 0 Å². The van der Waals surface area contributed by atoms with E-state index in [0.29, 0.717) is 12.5 Å². The standard InChI is InChI=1S/C16H24N6O2/c1-10(2)21(9-12-8-13(24-19-12)11-6-7-11)15(23)14-17-20-22(18-14)16(3,4)5/h8,10-11H,6-7,9H2,1-5H3. The molecular weight excluding hydrogens is 308 g/mol. The molecule has 24 heavy (non-hydrogen) atoms. The maximum absolute atomic E-state index is 12.8. The van der Waals surface area contributed by atoms with E-state index in [-0.39, 0.29) is 23.3 Å². The van der Waals surface area contributed by atoms with Gasteiger partial charge in [0, 0.05) is 18.0 Å². The zero-order chi connectivity index (χ0) is 17.5. The molecule has 8 heteroatoms. The van der Waals surface area contributed by atoms with Crippen LogP contribution in [0.5, 0.6) is 0 Å². The predicted molar refractivity (Wildman–Crippen MR) is 86.3 cm³/mol. The minimum atomic E-state index is -0.320. The van der Waals surface area contributed by atoms with E-state index in [1.54, 1.807) is 4.90 Å². The molecule has 0 bridgehead atoms. The summed E-state index contributed by atoms with van der Waals surface area (Å²) in [6, 6.07) is 1.93. The highest BCUT2D eigenvalue weighted by molar-refractivity contribution is 5.90. The lowest BCUT2D eigenvalue weighted by atomic mass is 10.1. The lowest BCUT2D eigenvalue weighted by Gasteiger charge is -2.24. The van der Waals surface area contributed by atoms with E-state index in [0.717, 1.165) is 24.3 Å². The van der Waals surface area contributed by atoms with Gasteiger partial charge in [-0.05, 0) is 52.7 Å². The highest BCUT2D eigenvalue weighted by atomic mass is 16.5. The van der Waals surface area contributed by atoms with Gasteiger partial charge in [0.25, 0.3) is 11.7 Å². The van der Waals surface area contributed by atoms with E-state index < -0.39 is 0 Å². The van der Waals surface area contributed by atoms with Crippen molar-refractivity contribution in [3.05, 3.63) is 23.3 Å². The number of rotatable bonds is 5. The monoisotopic (exact) mass is 332 g/mol. The van der Waals surface area contributed by atoms with Crippen LogP contribution < -0.4 is 0 Å². The Labute approximate surface area is 141 Å². The minimum Gasteiger partial charge on any atom is -0.361 e. The Kier molecular flexibility index (Phi) is 4.15. The van der Waals surface area contributed by atoms with Gasteiger partial charge in [-0.2, -0.15) is 4.80 Å². The van der Waals surface area contributed by atoms with E-state index in [9.17, 15) is 4.79 Å². The number of hydrogen-bond acceptors (Lipinski definition) is 6. The molecule has 0 atom stereocenters. The zero-order valence-electron chi connectivity index (χ0n) is 14.9. The maximum atomic E-state index is 12.8. The molecule has 2 aromatic heterocycles. The van der Waals surface area contributed by atoms with Gasteiger partial charge in [-0.15, -0.1) is 10.2 Å². The molecule has 0 aromatic carbocycles. The molecule has 1 fully saturated rings. The quantitative estimate of drug-likeness (QED) is 0.835. The minimum absolute atomic E-state index is 0.0137. The van der Waals surface area contributed by atoms with Gasteiger partial charge in [0.05, 0.1) is 12.1 Å². The Morgan fingerprint density at radius 1 is 1.42 bits per heavy atom. The highest BCUT2D eigenvalue weighted by Crippen LogP contribution is 2.40. The topological polar surface area (TPSA) is 89.9 Å². The van der Waals surface area contributed by atoms with E-state index in [1.165, 1.54) is 4.80 Å². The third kappa shape index (κ3) is 3.47. The average molecular weight is 332 g/mol. The molecule has 0 N–H and O–H groups in total. The molecule has 0 spiro atoms. The van der Waals surface area contributed by atoms with Crippen LogP contribution in [-0.2, 0) is 12.1 Å². The molecule has 1 aliphatic rings. The zero-order valence-corrected chi connectivity index (χ0v) is 14.9. The summed E-state index contributed by atoms with van der Waals surface area (Å²) in [6.45, 7) is 10.1. The normalized spacial score (nSPS) is 15.1. The van der Waals surface area contributed by atoms with Gasteiger partial charge in [0.15, 0.2) is 0 Å². The fourth-order valence-corrected chi connectivity index (χ4v) is 2.34. The largest absolute Gasteiger partial charge is 0.361 e. The Morgan fingerprint density at radius 2 is 2.12 bits per heavy atom.